The van der Waals surface area contributed by atoms with Gasteiger partial charge in [-0.15, -0.1) is 16.4 Å². The van der Waals surface area contributed by atoms with E-state index in [9.17, 15) is 4.79 Å². The largest absolute Gasteiger partial charge is 0.326 e. The zero-order valence-electron chi connectivity index (χ0n) is 11.1. The van der Waals surface area contributed by atoms with Crippen LogP contribution >= 0.6 is 11.3 Å². The summed E-state index contributed by atoms with van der Waals surface area (Å²) in [5.74, 6) is 0.473. The molecule has 4 rings (SSSR count). The van der Waals surface area contributed by atoms with Gasteiger partial charge in [0.1, 0.15) is 5.01 Å². The van der Waals surface area contributed by atoms with Crippen LogP contribution < -0.4 is 0 Å². The molecule has 1 saturated carbocycles. The summed E-state index contributed by atoms with van der Waals surface area (Å²) >= 11 is 1.55. The summed E-state index contributed by atoms with van der Waals surface area (Å²) in [6.07, 6.45) is 7.18. The van der Waals surface area contributed by atoms with Crippen molar-refractivity contribution < 1.29 is 4.79 Å². The molecule has 3 aromatic rings. The number of hydrogen-bond acceptors (Lipinski definition) is 6. The highest BCUT2D eigenvalue weighted by molar-refractivity contribution is 7.09. The van der Waals surface area contributed by atoms with E-state index in [4.69, 9.17) is 0 Å². The molecule has 1 amide bonds. The van der Waals surface area contributed by atoms with E-state index in [1.54, 1.807) is 36.0 Å². The molecule has 0 aliphatic heterocycles. The second kappa shape index (κ2) is 4.88. The molecule has 3 heterocycles. The fraction of sp³-hybridized carbons (Fsp3) is 0.308. The van der Waals surface area contributed by atoms with Crippen LogP contribution in [0.1, 0.15) is 28.5 Å². The van der Waals surface area contributed by atoms with Crippen LogP contribution in [0.5, 0.6) is 0 Å². The Morgan fingerprint density at radius 1 is 1.38 bits per heavy atom. The van der Waals surface area contributed by atoms with Crippen molar-refractivity contribution in [1.82, 2.24) is 29.5 Å². The molecule has 0 unspecified atom stereocenters. The summed E-state index contributed by atoms with van der Waals surface area (Å²) in [6, 6.07) is 2.03. The Labute approximate surface area is 124 Å². The molecule has 21 heavy (non-hydrogen) atoms. The molecule has 1 fully saturated rings. The van der Waals surface area contributed by atoms with Crippen LogP contribution in [0.4, 0.5) is 0 Å². The number of rotatable bonds is 4. The van der Waals surface area contributed by atoms with E-state index < -0.39 is 0 Å². The smallest absolute Gasteiger partial charge is 0.294 e. The average molecular weight is 300 g/mol. The molecular formula is C13H12N6OS. The highest BCUT2D eigenvalue weighted by Crippen LogP contribution is 2.29. The van der Waals surface area contributed by atoms with Crippen molar-refractivity contribution in [3.63, 3.8) is 0 Å². The minimum Gasteiger partial charge on any atom is -0.326 e. The van der Waals surface area contributed by atoms with Crippen molar-refractivity contribution in [2.45, 2.75) is 25.4 Å². The summed E-state index contributed by atoms with van der Waals surface area (Å²) in [5.41, 5.74) is 0. The maximum atomic E-state index is 12.7. The van der Waals surface area contributed by atoms with Gasteiger partial charge in [0.15, 0.2) is 0 Å². The standard InChI is InChI=1S/C13H12N6OS/c20-12(11-16-13-15-4-1-6-19(13)17-11)18(9-2-3-9)8-10-14-5-7-21-10/h1,4-7,9H,2-3,8H2. The van der Waals surface area contributed by atoms with Gasteiger partial charge in [0.05, 0.1) is 6.54 Å². The van der Waals surface area contributed by atoms with Gasteiger partial charge in [-0.05, 0) is 18.9 Å². The SMILES string of the molecule is O=C(c1nc2ncccn2n1)N(Cc1nccs1)C1CC1. The zero-order chi connectivity index (χ0) is 14.2. The molecule has 0 bridgehead atoms. The summed E-state index contributed by atoms with van der Waals surface area (Å²) in [5, 5.41) is 7.05. The number of carbonyl (C=O) groups excluding carboxylic acids is 1. The minimum atomic E-state index is -0.154. The van der Waals surface area contributed by atoms with Crippen LogP contribution in [0.25, 0.3) is 5.78 Å². The Balaban J connectivity index is 1.64. The summed E-state index contributed by atoms with van der Waals surface area (Å²) < 4.78 is 1.52. The quantitative estimate of drug-likeness (QED) is 0.727. The molecule has 1 aliphatic rings. The predicted molar refractivity (Wildman–Crippen MR) is 75.8 cm³/mol. The molecule has 0 spiro atoms. The van der Waals surface area contributed by atoms with Crippen molar-refractivity contribution >= 4 is 23.0 Å². The maximum absolute atomic E-state index is 12.7. The van der Waals surface area contributed by atoms with Crippen LogP contribution in [0.15, 0.2) is 30.0 Å². The number of amides is 1. The molecule has 0 N–H and O–H groups in total. The van der Waals surface area contributed by atoms with E-state index in [0.717, 1.165) is 17.8 Å². The van der Waals surface area contributed by atoms with Gasteiger partial charge in [0, 0.05) is 30.0 Å². The first-order chi connectivity index (χ1) is 10.3. The van der Waals surface area contributed by atoms with E-state index in [0.29, 0.717) is 12.3 Å². The third-order valence-corrected chi connectivity index (χ3v) is 4.11. The van der Waals surface area contributed by atoms with Gasteiger partial charge in [-0.2, -0.15) is 4.98 Å². The molecule has 8 heteroatoms. The Morgan fingerprint density at radius 3 is 3.00 bits per heavy atom. The molecule has 0 saturated heterocycles. The van der Waals surface area contributed by atoms with Crippen molar-refractivity contribution in [1.29, 1.82) is 0 Å². The molecule has 106 valence electrons. The van der Waals surface area contributed by atoms with Crippen molar-refractivity contribution in [2.24, 2.45) is 0 Å². The molecule has 0 radical (unpaired) electrons. The third kappa shape index (κ3) is 2.38. The summed E-state index contributed by atoms with van der Waals surface area (Å²) in [4.78, 5) is 27.0. The van der Waals surface area contributed by atoms with E-state index in [-0.39, 0.29) is 17.8 Å². The summed E-state index contributed by atoms with van der Waals surface area (Å²) in [6.45, 7) is 0.518. The number of thiazole rings is 1. The van der Waals surface area contributed by atoms with Gasteiger partial charge in [-0.25, -0.2) is 14.5 Å². The maximum Gasteiger partial charge on any atom is 0.294 e. The van der Waals surface area contributed by atoms with Gasteiger partial charge in [0.2, 0.25) is 5.82 Å². The lowest BCUT2D eigenvalue weighted by atomic mass is 10.4. The first-order valence-electron chi connectivity index (χ1n) is 6.68. The van der Waals surface area contributed by atoms with Crippen LogP contribution in [-0.2, 0) is 6.54 Å². The van der Waals surface area contributed by atoms with Crippen molar-refractivity contribution in [2.75, 3.05) is 0 Å². The topological polar surface area (TPSA) is 76.3 Å². The predicted octanol–water partition coefficient (Wildman–Crippen LogP) is 1.39. The number of fused-ring (bicyclic) bond motifs is 1. The number of nitrogens with zero attached hydrogens (tertiary/aromatic N) is 6. The number of carbonyl (C=O) groups is 1. The van der Waals surface area contributed by atoms with E-state index >= 15 is 0 Å². The molecular weight excluding hydrogens is 288 g/mol. The molecule has 7 nitrogen and oxygen atoms in total. The first-order valence-corrected chi connectivity index (χ1v) is 7.56. The Kier molecular flexibility index (Phi) is 2.88. The van der Waals surface area contributed by atoms with Crippen molar-refractivity contribution in [3.05, 3.63) is 40.9 Å². The van der Waals surface area contributed by atoms with Crippen LogP contribution in [0, 0.1) is 0 Å². The minimum absolute atomic E-state index is 0.154. The first kappa shape index (κ1) is 12.4. The normalized spacial score (nSPS) is 14.5. The zero-order valence-corrected chi connectivity index (χ0v) is 11.9. The van der Waals surface area contributed by atoms with Gasteiger partial charge < -0.3 is 4.90 Å². The van der Waals surface area contributed by atoms with Gasteiger partial charge in [0.25, 0.3) is 11.7 Å². The molecule has 3 aromatic heterocycles. The molecule has 1 aliphatic carbocycles. The second-order valence-electron chi connectivity index (χ2n) is 4.89. The van der Waals surface area contributed by atoms with E-state index in [1.807, 2.05) is 10.3 Å². The summed E-state index contributed by atoms with van der Waals surface area (Å²) in [7, 11) is 0. The fourth-order valence-electron chi connectivity index (χ4n) is 2.18. The second-order valence-corrected chi connectivity index (χ2v) is 5.87. The fourth-order valence-corrected chi connectivity index (χ4v) is 2.80. The lowest BCUT2D eigenvalue weighted by molar-refractivity contribution is 0.0717. The van der Waals surface area contributed by atoms with E-state index in [1.165, 1.54) is 4.52 Å². The highest BCUT2D eigenvalue weighted by atomic mass is 32.1. The molecule has 0 atom stereocenters. The van der Waals surface area contributed by atoms with E-state index in [2.05, 4.69) is 20.1 Å². The lowest BCUT2D eigenvalue weighted by Gasteiger charge is -2.19. The van der Waals surface area contributed by atoms with Crippen molar-refractivity contribution in [3.8, 4) is 0 Å². The number of hydrogen-bond donors (Lipinski definition) is 0. The Morgan fingerprint density at radius 2 is 2.29 bits per heavy atom. The Hall–Kier alpha value is -2.35. The number of aromatic nitrogens is 5. The monoisotopic (exact) mass is 300 g/mol. The van der Waals surface area contributed by atoms with Gasteiger partial charge >= 0.3 is 0 Å². The van der Waals surface area contributed by atoms with Crippen LogP contribution in [0.2, 0.25) is 0 Å². The Bertz CT molecular complexity index is 746. The van der Waals surface area contributed by atoms with Gasteiger partial charge in [-0.1, -0.05) is 0 Å². The third-order valence-electron chi connectivity index (χ3n) is 3.35. The average Bonchev–Trinajstić information content (AvgIpc) is 3.04. The van der Waals surface area contributed by atoms with Crippen LogP contribution in [0.3, 0.4) is 0 Å². The van der Waals surface area contributed by atoms with Gasteiger partial charge in [-0.3, -0.25) is 4.79 Å². The van der Waals surface area contributed by atoms with Crippen LogP contribution in [-0.4, -0.2) is 41.4 Å². The lowest BCUT2D eigenvalue weighted by Crippen LogP contribution is -2.33. The molecule has 0 aromatic carbocycles. The highest BCUT2D eigenvalue weighted by Gasteiger charge is 2.35.